The van der Waals surface area contributed by atoms with E-state index in [0.717, 1.165) is 12.1 Å². The molecule has 0 aliphatic heterocycles. The Morgan fingerprint density at radius 2 is 2.11 bits per heavy atom. The van der Waals surface area contributed by atoms with Crippen LogP contribution in [0.3, 0.4) is 0 Å². The highest BCUT2D eigenvalue weighted by Crippen LogP contribution is 2.29. The maximum atomic E-state index is 12.5. The van der Waals surface area contributed by atoms with Crippen molar-refractivity contribution in [3.63, 3.8) is 0 Å². The summed E-state index contributed by atoms with van der Waals surface area (Å²) >= 11 is 0. The molecule has 6 heteroatoms. The van der Waals surface area contributed by atoms with Crippen molar-refractivity contribution in [2.24, 2.45) is 0 Å². The summed E-state index contributed by atoms with van der Waals surface area (Å²) in [5, 5.41) is 2.64. The van der Waals surface area contributed by atoms with Gasteiger partial charge in [0, 0.05) is 13.2 Å². The lowest BCUT2D eigenvalue weighted by molar-refractivity contribution is -0.137. The lowest BCUT2D eigenvalue weighted by Crippen LogP contribution is -2.36. The second kappa shape index (κ2) is 6.56. The molecule has 0 spiro atoms. The zero-order valence-electron chi connectivity index (χ0n) is 10.8. The van der Waals surface area contributed by atoms with Gasteiger partial charge in [0.2, 0.25) is 5.91 Å². The Hall–Kier alpha value is -1.56. The predicted molar refractivity (Wildman–Crippen MR) is 64.6 cm³/mol. The number of amides is 1. The van der Waals surface area contributed by atoms with Crippen LogP contribution in [0, 0.1) is 0 Å². The Morgan fingerprint density at radius 1 is 1.42 bits per heavy atom. The van der Waals surface area contributed by atoms with Gasteiger partial charge in [0.15, 0.2) is 0 Å². The summed E-state index contributed by atoms with van der Waals surface area (Å²) < 4.78 is 42.4. The number of rotatable bonds is 5. The first-order chi connectivity index (χ1) is 8.82. The third kappa shape index (κ3) is 5.30. The largest absolute Gasteiger partial charge is 0.416 e. The van der Waals surface area contributed by atoms with Crippen molar-refractivity contribution in [1.29, 1.82) is 0 Å². The van der Waals surface area contributed by atoms with E-state index in [9.17, 15) is 18.0 Å². The normalized spacial score (nSPS) is 13.1. The third-order valence-corrected chi connectivity index (χ3v) is 2.44. The number of alkyl halides is 3. The van der Waals surface area contributed by atoms with Crippen LogP contribution in [0.25, 0.3) is 0 Å². The van der Waals surface area contributed by atoms with Crippen LogP contribution in [0.4, 0.5) is 13.2 Å². The summed E-state index contributed by atoms with van der Waals surface area (Å²) in [5.41, 5.74) is -0.417. The lowest BCUT2D eigenvalue weighted by Gasteiger charge is -2.13. The number of benzene rings is 1. The number of halogens is 3. The van der Waals surface area contributed by atoms with Crippen molar-refractivity contribution in [1.82, 2.24) is 5.32 Å². The molecular weight excluding hydrogens is 259 g/mol. The molecule has 1 unspecified atom stereocenters. The molecule has 1 rings (SSSR count). The summed E-state index contributed by atoms with van der Waals surface area (Å²) in [5.74, 6) is -0.330. The molecule has 0 heterocycles. The predicted octanol–water partition coefficient (Wildman–Crippen LogP) is 2.40. The van der Waals surface area contributed by atoms with Gasteiger partial charge in [-0.2, -0.15) is 13.2 Å². The van der Waals surface area contributed by atoms with E-state index in [4.69, 9.17) is 4.74 Å². The number of carbonyl (C=O) groups excluding carboxylic acids is 1. The first kappa shape index (κ1) is 15.5. The van der Waals surface area contributed by atoms with Crippen molar-refractivity contribution >= 4 is 5.91 Å². The van der Waals surface area contributed by atoms with Crippen molar-refractivity contribution in [2.45, 2.75) is 25.6 Å². The SMILES string of the molecule is COCC(C)NC(=O)Cc1cccc(C(F)(F)F)c1. The molecule has 106 valence electrons. The van der Waals surface area contributed by atoms with Gasteiger partial charge < -0.3 is 10.1 Å². The van der Waals surface area contributed by atoms with Crippen LogP contribution in [0.1, 0.15) is 18.1 Å². The molecule has 1 atom stereocenters. The van der Waals surface area contributed by atoms with E-state index in [2.05, 4.69) is 5.32 Å². The van der Waals surface area contributed by atoms with Gasteiger partial charge in [0.25, 0.3) is 0 Å². The van der Waals surface area contributed by atoms with Crippen LogP contribution in [0.5, 0.6) is 0 Å². The monoisotopic (exact) mass is 275 g/mol. The van der Waals surface area contributed by atoms with Gasteiger partial charge in [0.05, 0.1) is 18.6 Å². The fraction of sp³-hybridized carbons (Fsp3) is 0.462. The quantitative estimate of drug-likeness (QED) is 0.896. The van der Waals surface area contributed by atoms with E-state index in [1.54, 1.807) is 6.92 Å². The van der Waals surface area contributed by atoms with Crippen LogP contribution in [-0.4, -0.2) is 25.7 Å². The van der Waals surface area contributed by atoms with Crippen LogP contribution in [-0.2, 0) is 22.1 Å². The third-order valence-electron chi connectivity index (χ3n) is 2.44. The first-order valence-corrected chi connectivity index (χ1v) is 5.77. The average Bonchev–Trinajstić information content (AvgIpc) is 2.28. The lowest BCUT2D eigenvalue weighted by atomic mass is 10.1. The minimum atomic E-state index is -4.39. The molecule has 3 nitrogen and oxygen atoms in total. The Bertz CT molecular complexity index is 432. The number of hydrogen-bond donors (Lipinski definition) is 1. The Balaban J connectivity index is 2.65. The molecule has 1 N–H and O–H groups in total. The van der Waals surface area contributed by atoms with Crippen LogP contribution >= 0.6 is 0 Å². The van der Waals surface area contributed by atoms with Crippen molar-refractivity contribution in [3.8, 4) is 0 Å². The first-order valence-electron chi connectivity index (χ1n) is 5.77. The van der Waals surface area contributed by atoms with E-state index in [0.29, 0.717) is 12.2 Å². The molecule has 0 bridgehead atoms. The Labute approximate surface area is 109 Å². The molecule has 0 radical (unpaired) electrons. The highest BCUT2D eigenvalue weighted by atomic mass is 19.4. The van der Waals surface area contributed by atoms with Gasteiger partial charge in [-0.3, -0.25) is 4.79 Å². The zero-order chi connectivity index (χ0) is 14.5. The molecular formula is C13H16F3NO2. The molecule has 1 aromatic rings. The number of ether oxygens (including phenoxy) is 1. The number of methoxy groups -OCH3 is 1. The molecule has 0 saturated carbocycles. The molecule has 0 saturated heterocycles. The van der Waals surface area contributed by atoms with Crippen LogP contribution in [0.15, 0.2) is 24.3 Å². The van der Waals surface area contributed by atoms with Gasteiger partial charge >= 0.3 is 6.18 Å². The fourth-order valence-electron chi connectivity index (χ4n) is 1.66. The van der Waals surface area contributed by atoms with E-state index in [1.807, 2.05) is 0 Å². The molecule has 0 aromatic heterocycles. The smallest absolute Gasteiger partial charge is 0.383 e. The number of carbonyl (C=O) groups is 1. The molecule has 19 heavy (non-hydrogen) atoms. The maximum Gasteiger partial charge on any atom is 0.416 e. The average molecular weight is 275 g/mol. The van der Waals surface area contributed by atoms with E-state index >= 15 is 0 Å². The topological polar surface area (TPSA) is 38.3 Å². The summed E-state index contributed by atoms with van der Waals surface area (Å²) in [7, 11) is 1.51. The Morgan fingerprint density at radius 3 is 2.68 bits per heavy atom. The summed E-state index contributed by atoms with van der Waals surface area (Å²) in [4.78, 5) is 11.6. The molecule has 1 aromatic carbocycles. The fourth-order valence-corrected chi connectivity index (χ4v) is 1.66. The minimum absolute atomic E-state index is 0.0853. The van der Waals surface area contributed by atoms with Crippen LogP contribution < -0.4 is 5.32 Å². The molecule has 0 aliphatic rings. The summed E-state index contributed by atoms with van der Waals surface area (Å²) in [6.07, 6.45) is -4.48. The number of nitrogens with one attached hydrogen (secondary N) is 1. The van der Waals surface area contributed by atoms with Crippen molar-refractivity contribution in [2.75, 3.05) is 13.7 Å². The minimum Gasteiger partial charge on any atom is -0.383 e. The standard InChI is InChI=1S/C13H16F3NO2/c1-9(8-19-2)17-12(18)7-10-4-3-5-11(6-10)13(14,15)16/h3-6,9H,7-8H2,1-2H3,(H,17,18). The van der Waals surface area contributed by atoms with Crippen molar-refractivity contribution in [3.05, 3.63) is 35.4 Å². The molecule has 1 amide bonds. The highest BCUT2D eigenvalue weighted by molar-refractivity contribution is 5.78. The van der Waals surface area contributed by atoms with Crippen LogP contribution in [0.2, 0.25) is 0 Å². The summed E-state index contributed by atoms with van der Waals surface area (Å²) in [6, 6.07) is 4.58. The van der Waals surface area contributed by atoms with Gasteiger partial charge in [-0.15, -0.1) is 0 Å². The van der Waals surface area contributed by atoms with E-state index in [-0.39, 0.29) is 18.4 Å². The zero-order valence-corrected chi connectivity index (χ0v) is 10.8. The second-order valence-corrected chi connectivity index (χ2v) is 4.30. The Kier molecular flexibility index (Phi) is 5.35. The van der Waals surface area contributed by atoms with Crippen molar-refractivity contribution < 1.29 is 22.7 Å². The maximum absolute atomic E-state index is 12.5. The van der Waals surface area contributed by atoms with E-state index < -0.39 is 11.7 Å². The number of hydrogen-bond acceptors (Lipinski definition) is 2. The van der Waals surface area contributed by atoms with Gasteiger partial charge in [-0.25, -0.2) is 0 Å². The van der Waals surface area contributed by atoms with E-state index in [1.165, 1.54) is 19.2 Å². The summed E-state index contributed by atoms with van der Waals surface area (Å²) in [6.45, 7) is 2.11. The molecule has 0 aliphatic carbocycles. The van der Waals surface area contributed by atoms with Gasteiger partial charge in [-0.1, -0.05) is 18.2 Å². The highest BCUT2D eigenvalue weighted by Gasteiger charge is 2.30. The second-order valence-electron chi connectivity index (χ2n) is 4.30. The van der Waals surface area contributed by atoms with Gasteiger partial charge in [0.1, 0.15) is 0 Å². The molecule has 0 fully saturated rings. The van der Waals surface area contributed by atoms with Gasteiger partial charge in [-0.05, 0) is 18.6 Å².